The lowest BCUT2D eigenvalue weighted by molar-refractivity contribution is 0.0793. The lowest BCUT2D eigenvalue weighted by atomic mass is 10.0. The highest BCUT2D eigenvalue weighted by Crippen LogP contribution is 2.39. The summed E-state index contributed by atoms with van der Waals surface area (Å²) in [5, 5.41) is 0. The molecule has 0 spiro atoms. The smallest absolute Gasteiger partial charge is 0.253 e. The van der Waals surface area contributed by atoms with Crippen LogP contribution in [0.1, 0.15) is 53.2 Å². The summed E-state index contributed by atoms with van der Waals surface area (Å²) in [4.78, 5) is 17.0. The van der Waals surface area contributed by atoms with Gasteiger partial charge in [-0.3, -0.25) is 9.69 Å². The van der Waals surface area contributed by atoms with Crippen LogP contribution >= 0.6 is 0 Å². The monoisotopic (exact) mass is 394 g/mol. The van der Waals surface area contributed by atoms with Gasteiger partial charge in [0.25, 0.3) is 5.91 Å². The van der Waals surface area contributed by atoms with Crippen LogP contribution in [-0.4, -0.2) is 49.6 Å². The molecular formula is C24H30N2O3. The predicted octanol–water partition coefficient (Wildman–Crippen LogP) is 4.28. The second-order valence-corrected chi connectivity index (χ2v) is 7.93. The molecule has 0 aromatic heterocycles. The van der Waals surface area contributed by atoms with Gasteiger partial charge in [-0.2, -0.15) is 0 Å². The van der Waals surface area contributed by atoms with Crippen molar-refractivity contribution in [3.8, 4) is 11.5 Å². The maximum Gasteiger partial charge on any atom is 0.253 e. The molecule has 2 aliphatic rings. The first-order valence-corrected chi connectivity index (χ1v) is 10.5. The number of likely N-dealkylation sites (tertiary alicyclic amines) is 2. The van der Waals surface area contributed by atoms with Crippen molar-refractivity contribution >= 4 is 5.91 Å². The minimum atomic E-state index is 0.163. The number of carbonyl (C=O) groups excluding carboxylic acids is 1. The van der Waals surface area contributed by atoms with Gasteiger partial charge < -0.3 is 14.4 Å². The molecule has 0 N–H and O–H groups in total. The number of hydrogen-bond donors (Lipinski definition) is 0. The lowest BCUT2D eigenvalue weighted by Gasteiger charge is -2.26. The quantitative estimate of drug-likeness (QED) is 0.734. The van der Waals surface area contributed by atoms with E-state index >= 15 is 0 Å². The van der Waals surface area contributed by atoms with Crippen LogP contribution in [-0.2, 0) is 6.54 Å². The molecule has 2 heterocycles. The minimum absolute atomic E-state index is 0.163. The van der Waals surface area contributed by atoms with Crippen molar-refractivity contribution in [1.29, 1.82) is 0 Å². The van der Waals surface area contributed by atoms with Crippen LogP contribution in [0.2, 0.25) is 0 Å². The zero-order chi connectivity index (χ0) is 20.2. The summed E-state index contributed by atoms with van der Waals surface area (Å²) < 4.78 is 11.0. The van der Waals surface area contributed by atoms with Crippen LogP contribution < -0.4 is 9.47 Å². The Kier molecular flexibility index (Phi) is 6.05. The van der Waals surface area contributed by atoms with Gasteiger partial charge in [0.15, 0.2) is 0 Å². The Bertz CT molecular complexity index is 844. The number of benzene rings is 2. The fourth-order valence-corrected chi connectivity index (χ4v) is 4.55. The number of carbonyl (C=O) groups is 1. The molecule has 4 rings (SSSR count). The fraction of sp³-hybridized carbons (Fsp3) is 0.458. The highest BCUT2D eigenvalue weighted by molar-refractivity contribution is 5.94. The van der Waals surface area contributed by atoms with Crippen LogP contribution in [0.25, 0.3) is 0 Å². The Labute approximate surface area is 173 Å². The largest absolute Gasteiger partial charge is 0.497 e. The number of hydrogen-bond acceptors (Lipinski definition) is 4. The first-order valence-electron chi connectivity index (χ1n) is 10.5. The van der Waals surface area contributed by atoms with Crippen molar-refractivity contribution in [1.82, 2.24) is 9.80 Å². The Morgan fingerprint density at radius 1 is 0.966 bits per heavy atom. The molecule has 0 aliphatic carbocycles. The Morgan fingerprint density at radius 2 is 1.72 bits per heavy atom. The molecule has 2 saturated heterocycles. The molecule has 5 nitrogen and oxygen atoms in total. The topological polar surface area (TPSA) is 42.0 Å². The van der Waals surface area contributed by atoms with Crippen molar-refractivity contribution in [2.24, 2.45) is 0 Å². The van der Waals surface area contributed by atoms with Crippen LogP contribution in [0.4, 0.5) is 0 Å². The van der Waals surface area contributed by atoms with Crippen molar-refractivity contribution in [3.05, 3.63) is 59.2 Å². The summed E-state index contributed by atoms with van der Waals surface area (Å²) in [6.45, 7) is 3.71. The van der Waals surface area contributed by atoms with E-state index < -0.39 is 0 Å². The van der Waals surface area contributed by atoms with E-state index in [-0.39, 0.29) is 5.91 Å². The van der Waals surface area contributed by atoms with E-state index in [1.165, 1.54) is 17.5 Å². The van der Waals surface area contributed by atoms with Crippen LogP contribution in [0, 0.1) is 0 Å². The van der Waals surface area contributed by atoms with Gasteiger partial charge in [0.2, 0.25) is 0 Å². The van der Waals surface area contributed by atoms with E-state index in [0.29, 0.717) is 6.04 Å². The molecule has 0 saturated carbocycles. The summed E-state index contributed by atoms with van der Waals surface area (Å²) in [5.74, 6) is 1.86. The normalized spacial score (nSPS) is 19.5. The zero-order valence-corrected chi connectivity index (χ0v) is 17.4. The Balaban J connectivity index is 1.47. The summed E-state index contributed by atoms with van der Waals surface area (Å²) in [5.41, 5.74) is 3.25. The van der Waals surface area contributed by atoms with E-state index in [2.05, 4.69) is 23.1 Å². The van der Waals surface area contributed by atoms with Crippen molar-refractivity contribution in [2.75, 3.05) is 33.9 Å². The van der Waals surface area contributed by atoms with Crippen LogP contribution in [0.15, 0.2) is 42.5 Å². The van der Waals surface area contributed by atoms with Crippen molar-refractivity contribution < 1.29 is 14.3 Å². The predicted molar refractivity (Wildman–Crippen MR) is 114 cm³/mol. The van der Waals surface area contributed by atoms with Crippen molar-refractivity contribution in [3.63, 3.8) is 0 Å². The van der Waals surface area contributed by atoms with Crippen LogP contribution in [0.3, 0.4) is 0 Å². The second kappa shape index (κ2) is 8.87. The number of amides is 1. The molecule has 2 aromatic rings. The van der Waals surface area contributed by atoms with Gasteiger partial charge in [-0.1, -0.05) is 18.2 Å². The number of methoxy groups -OCH3 is 2. The molecule has 2 fully saturated rings. The summed E-state index contributed by atoms with van der Waals surface area (Å²) in [7, 11) is 3.39. The molecule has 1 atom stereocenters. The summed E-state index contributed by atoms with van der Waals surface area (Å²) in [6, 6.07) is 14.6. The van der Waals surface area contributed by atoms with E-state index in [0.717, 1.165) is 62.5 Å². The van der Waals surface area contributed by atoms with Gasteiger partial charge in [0.1, 0.15) is 11.5 Å². The van der Waals surface area contributed by atoms with Gasteiger partial charge in [0.05, 0.1) is 14.2 Å². The first-order chi connectivity index (χ1) is 14.2. The van der Waals surface area contributed by atoms with Gasteiger partial charge in [0, 0.05) is 42.9 Å². The SMILES string of the molecule is COc1ccc(C2CCCN2Cc2ccc(C(=O)N3CCCC3)cc2)c(OC)c1. The third kappa shape index (κ3) is 4.25. The number of nitrogens with zero attached hydrogens (tertiary/aromatic N) is 2. The second-order valence-electron chi connectivity index (χ2n) is 7.93. The van der Waals surface area contributed by atoms with Gasteiger partial charge in [-0.15, -0.1) is 0 Å². The molecular weight excluding hydrogens is 364 g/mol. The lowest BCUT2D eigenvalue weighted by Crippen LogP contribution is -2.27. The fourth-order valence-electron chi connectivity index (χ4n) is 4.55. The molecule has 1 amide bonds. The van der Waals surface area contributed by atoms with E-state index in [4.69, 9.17) is 9.47 Å². The summed E-state index contributed by atoms with van der Waals surface area (Å²) >= 11 is 0. The van der Waals surface area contributed by atoms with Gasteiger partial charge in [-0.05, 0) is 56.0 Å². The Morgan fingerprint density at radius 3 is 2.41 bits per heavy atom. The highest BCUT2D eigenvalue weighted by Gasteiger charge is 2.28. The molecule has 1 unspecified atom stereocenters. The van der Waals surface area contributed by atoms with Gasteiger partial charge >= 0.3 is 0 Å². The molecule has 5 heteroatoms. The maximum absolute atomic E-state index is 12.6. The molecule has 0 bridgehead atoms. The highest BCUT2D eigenvalue weighted by atomic mass is 16.5. The summed E-state index contributed by atoms with van der Waals surface area (Å²) in [6.07, 6.45) is 4.53. The molecule has 29 heavy (non-hydrogen) atoms. The molecule has 2 aliphatic heterocycles. The zero-order valence-electron chi connectivity index (χ0n) is 17.4. The van der Waals surface area contributed by atoms with Gasteiger partial charge in [-0.25, -0.2) is 0 Å². The Hall–Kier alpha value is -2.53. The minimum Gasteiger partial charge on any atom is -0.497 e. The molecule has 154 valence electrons. The standard InChI is InChI=1S/C24H30N2O3/c1-28-20-11-12-21(23(16-20)29-2)22-6-5-15-26(22)17-18-7-9-19(10-8-18)24(27)25-13-3-4-14-25/h7-12,16,22H,3-6,13-15,17H2,1-2H3. The van der Waals surface area contributed by atoms with Crippen molar-refractivity contribution in [2.45, 2.75) is 38.3 Å². The van der Waals surface area contributed by atoms with Crippen LogP contribution in [0.5, 0.6) is 11.5 Å². The molecule has 0 radical (unpaired) electrons. The van der Waals surface area contributed by atoms with E-state index in [9.17, 15) is 4.79 Å². The third-order valence-electron chi connectivity index (χ3n) is 6.14. The maximum atomic E-state index is 12.6. The van der Waals surface area contributed by atoms with E-state index in [1.807, 2.05) is 29.2 Å². The molecule has 2 aromatic carbocycles. The number of rotatable bonds is 6. The van der Waals surface area contributed by atoms with E-state index in [1.54, 1.807) is 14.2 Å². The number of ether oxygens (including phenoxy) is 2. The average Bonchev–Trinajstić information content (AvgIpc) is 3.45. The third-order valence-corrected chi connectivity index (χ3v) is 6.14. The first kappa shape index (κ1) is 19.8. The average molecular weight is 395 g/mol.